The number of aryl methyl sites for hydroxylation is 1. The molecule has 0 bridgehead atoms. The Bertz CT molecular complexity index is 843. The summed E-state index contributed by atoms with van der Waals surface area (Å²) in [4.78, 5) is 30.7. The van der Waals surface area contributed by atoms with E-state index in [1.165, 1.54) is 24.3 Å². The fourth-order valence-electron chi connectivity index (χ4n) is 1.92. The Balaban J connectivity index is 2.11. The molecular weight excluding hydrogens is 331 g/mol. The van der Waals surface area contributed by atoms with Crippen LogP contribution in [0.15, 0.2) is 34.2 Å². The number of nitrogens with zero attached hydrogens (tertiary/aromatic N) is 2. The Morgan fingerprint density at radius 1 is 1.46 bits per heavy atom. The first-order valence-electron chi connectivity index (χ1n) is 7.21. The van der Waals surface area contributed by atoms with Crippen molar-refractivity contribution in [1.29, 1.82) is 5.26 Å². The number of H-pyrrole nitrogens is 1. The van der Waals surface area contributed by atoms with Crippen molar-refractivity contribution in [3.63, 3.8) is 0 Å². The minimum atomic E-state index is -0.546. The first-order valence-corrected chi connectivity index (χ1v) is 8.09. The third-order valence-electron chi connectivity index (χ3n) is 3.19. The van der Waals surface area contributed by atoms with E-state index in [0.29, 0.717) is 17.8 Å². The van der Waals surface area contributed by atoms with Gasteiger partial charge in [-0.1, -0.05) is 18.7 Å². The SMILES string of the molecule is CCc1nc(SC(C)C(=O)Nc2ccc(F)cc2)[nH]c(=O)c1C#N. The lowest BCUT2D eigenvalue weighted by Gasteiger charge is -2.12. The molecule has 0 aliphatic heterocycles. The number of thioether (sulfide) groups is 1. The third-order valence-corrected chi connectivity index (χ3v) is 4.17. The highest BCUT2D eigenvalue weighted by molar-refractivity contribution is 8.00. The summed E-state index contributed by atoms with van der Waals surface area (Å²) in [5.74, 6) is -0.696. The smallest absolute Gasteiger partial charge is 0.269 e. The molecule has 1 atom stereocenters. The van der Waals surface area contributed by atoms with E-state index in [1.807, 2.05) is 6.07 Å². The third kappa shape index (κ3) is 4.20. The highest BCUT2D eigenvalue weighted by Gasteiger charge is 2.18. The van der Waals surface area contributed by atoms with E-state index in [4.69, 9.17) is 5.26 Å². The summed E-state index contributed by atoms with van der Waals surface area (Å²) in [6.45, 7) is 3.45. The maximum atomic E-state index is 12.9. The first-order chi connectivity index (χ1) is 11.4. The Morgan fingerprint density at radius 3 is 2.71 bits per heavy atom. The van der Waals surface area contributed by atoms with Gasteiger partial charge >= 0.3 is 0 Å². The van der Waals surface area contributed by atoms with E-state index < -0.39 is 10.8 Å². The Labute approximate surface area is 142 Å². The van der Waals surface area contributed by atoms with E-state index in [0.717, 1.165) is 11.8 Å². The monoisotopic (exact) mass is 346 g/mol. The average Bonchev–Trinajstić information content (AvgIpc) is 2.56. The molecule has 2 rings (SSSR count). The molecule has 0 fully saturated rings. The Hall–Kier alpha value is -2.66. The molecule has 1 unspecified atom stereocenters. The number of rotatable bonds is 5. The van der Waals surface area contributed by atoms with Crippen LogP contribution in [-0.4, -0.2) is 21.1 Å². The summed E-state index contributed by atoms with van der Waals surface area (Å²) in [5.41, 5.74) is 0.350. The molecule has 8 heteroatoms. The van der Waals surface area contributed by atoms with Crippen molar-refractivity contribution < 1.29 is 9.18 Å². The predicted molar refractivity (Wildman–Crippen MR) is 89.3 cm³/mol. The van der Waals surface area contributed by atoms with E-state index in [1.54, 1.807) is 13.8 Å². The second kappa shape index (κ2) is 7.75. The minimum absolute atomic E-state index is 0.00901. The zero-order valence-corrected chi connectivity index (χ0v) is 13.9. The van der Waals surface area contributed by atoms with Crippen molar-refractivity contribution in [2.75, 3.05) is 5.32 Å². The summed E-state index contributed by atoms with van der Waals surface area (Å²) in [6.07, 6.45) is 0.441. The van der Waals surface area contributed by atoms with Crippen LogP contribution in [0, 0.1) is 17.1 Å². The number of anilines is 1. The van der Waals surface area contributed by atoms with E-state index in [9.17, 15) is 14.0 Å². The molecule has 124 valence electrons. The van der Waals surface area contributed by atoms with Crippen LogP contribution in [0.3, 0.4) is 0 Å². The van der Waals surface area contributed by atoms with Gasteiger partial charge in [-0.25, -0.2) is 9.37 Å². The number of hydrogen-bond acceptors (Lipinski definition) is 5. The van der Waals surface area contributed by atoms with Gasteiger partial charge in [0.05, 0.1) is 10.9 Å². The molecule has 0 radical (unpaired) electrons. The van der Waals surface area contributed by atoms with Crippen LogP contribution in [-0.2, 0) is 11.2 Å². The van der Waals surface area contributed by atoms with Crippen molar-refractivity contribution in [1.82, 2.24) is 9.97 Å². The molecule has 0 spiro atoms. The zero-order chi connectivity index (χ0) is 17.7. The first kappa shape index (κ1) is 17.7. The zero-order valence-electron chi connectivity index (χ0n) is 13.1. The molecule has 2 N–H and O–H groups in total. The van der Waals surface area contributed by atoms with Crippen LogP contribution in [0.1, 0.15) is 25.1 Å². The lowest BCUT2D eigenvalue weighted by atomic mass is 10.2. The molecule has 1 heterocycles. The molecule has 1 amide bonds. The number of hydrogen-bond donors (Lipinski definition) is 2. The van der Waals surface area contributed by atoms with Gasteiger partial charge in [-0.05, 0) is 37.6 Å². The normalized spacial score (nSPS) is 11.6. The number of carbonyl (C=O) groups excluding carboxylic acids is 1. The molecule has 2 aromatic rings. The lowest BCUT2D eigenvalue weighted by Crippen LogP contribution is -2.24. The van der Waals surface area contributed by atoms with Crippen LogP contribution in [0.4, 0.5) is 10.1 Å². The summed E-state index contributed by atoms with van der Waals surface area (Å²) in [5, 5.41) is 11.4. The topological polar surface area (TPSA) is 98.6 Å². The largest absolute Gasteiger partial charge is 0.325 e. The second-order valence-corrected chi connectivity index (χ2v) is 6.24. The van der Waals surface area contributed by atoms with Gasteiger partial charge in [-0.2, -0.15) is 5.26 Å². The summed E-state index contributed by atoms with van der Waals surface area (Å²) in [7, 11) is 0. The molecule has 0 aliphatic carbocycles. The van der Waals surface area contributed by atoms with E-state index >= 15 is 0 Å². The number of nitriles is 1. The number of nitrogens with one attached hydrogen (secondary N) is 2. The Morgan fingerprint density at radius 2 is 2.12 bits per heavy atom. The fraction of sp³-hybridized carbons (Fsp3) is 0.250. The van der Waals surface area contributed by atoms with Crippen molar-refractivity contribution in [2.45, 2.75) is 30.7 Å². The second-order valence-electron chi connectivity index (χ2n) is 4.91. The van der Waals surface area contributed by atoms with Crippen LogP contribution in [0.2, 0.25) is 0 Å². The van der Waals surface area contributed by atoms with Crippen molar-refractivity contribution in [3.8, 4) is 6.07 Å². The molecule has 0 saturated carbocycles. The predicted octanol–water partition coefficient (Wildman–Crippen LogP) is 2.46. The molecule has 1 aromatic heterocycles. The van der Waals surface area contributed by atoms with Gasteiger partial charge < -0.3 is 10.3 Å². The Kier molecular flexibility index (Phi) is 5.71. The maximum absolute atomic E-state index is 12.9. The van der Waals surface area contributed by atoms with E-state index in [-0.39, 0.29) is 22.4 Å². The number of aromatic nitrogens is 2. The maximum Gasteiger partial charge on any atom is 0.269 e. The number of halogens is 1. The molecule has 0 aliphatic rings. The molecular formula is C16H15FN4O2S. The highest BCUT2D eigenvalue weighted by Crippen LogP contribution is 2.21. The van der Waals surface area contributed by atoms with Gasteiger partial charge in [0.1, 0.15) is 17.4 Å². The van der Waals surface area contributed by atoms with Gasteiger partial charge in [0.15, 0.2) is 5.16 Å². The number of aromatic amines is 1. The van der Waals surface area contributed by atoms with Crippen molar-refractivity contribution >= 4 is 23.4 Å². The standard InChI is InChI=1S/C16H15FN4O2S/c1-3-13-12(8-18)15(23)21-16(20-13)24-9(2)14(22)19-11-6-4-10(17)5-7-11/h4-7,9H,3H2,1-2H3,(H,19,22)(H,20,21,23). The average molecular weight is 346 g/mol. The summed E-state index contributed by atoms with van der Waals surface area (Å²) >= 11 is 1.07. The molecule has 0 saturated heterocycles. The number of carbonyl (C=O) groups is 1. The quantitative estimate of drug-likeness (QED) is 0.640. The van der Waals surface area contributed by atoms with Gasteiger partial charge in [0.25, 0.3) is 5.56 Å². The van der Waals surface area contributed by atoms with Gasteiger partial charge in [-0.3, -0.25) is 9.59 Å². The summed E-state index contributed by atoms with van der Waals surface area (Å²) < 4.78 is 12.9. The summed E-state index contributed by atoms with van der Waals surface area (Å²) in [6, 6.07) is 7.25. The number of benzene rings is 1. The van der Waals surface area contributed by atoms with E-state index in [2.05, 4.69) is 15.3 Å². The molecule has 24 heavy (non-hydrogen) atoms. The van der Waals surface area contributed by atoms with Crippen LogP contribution in [0.25, 0.3) is 0 Å². The molecule has 6 nitrogen and oxygen atoms in total. The van der Waals surface area contributed by atoms with Crippen LogP contribution in [0.5, 0.6) is 0 Å². The van der Waals surface area contributed by atoms with Gasteiger partial charge in [0.2, 0.25) is 5.91 Å². The molecule has 1 aromatic carbocycles. The van der Waals surface area contributed by atoms with Gasteiger partial charge in [0, 0.05) is 5.69 Å². The van der Waals surface area contributed by atoms with Crippen molar-refractivity contribution in [3.05, 3.63) is 51.7 Å². The lowest BCUT2D eigenvalue weighted by molar-refractivity contribution is -0.115. The van der Waals surface area contributed by atoms with Crippen LogP contribution >= 0.6 is 11.8 Å². The fourth-order valence-corrected chi connectivity index (χ4v) is 2.74. The number of amides is 1. The van der Waals surface area contributed by atoms with Crippen LogP contribution < -0.4 is 10.9 Å². The highest BCUT2D eigenvalue weighted by atomic mass is 32.2. The van der Waals surface area contributed by atoms with Crippen molar-refractivity contribution in [2.24, 2.45) is 0 Å². The minimum Gasteiger partial charge on any atom is -0.325 e. The van der Waals surface area contributed by atoms with Gasteiger partial charge in [-0.15, -0.1) is 0 Å².